The van der Waals surface area contributed by atoms with Crippen molar-refractivity contribution >= 4 is 17.8 Å². The molecule has 2 aliphatic heterocycles. The van der Waals surface area contributed by atoms with Crippen LogP contribution in [0.1, 0.15) is 47.9 Å². The molecule has 0 spiro atoms. The fourth-order valence-corrected chi connectivity index (χ4v) is 4.89. The fraction of sp³-hybridized carbons (Fsp3) is 0.423. The maximum Gasteiger partial charge on any atom is 0.325 e. The zero-order chi connectivity index (χ0) is 23.4. The molecule has 0 radical (unpaired) electrons. The van der Waals surface area contributed by atoms with Crippen LogP contribution in [0, 0.1) is 24.7 Å². The van der Waals surface area contributed by atoms with E-state index in [1.807, 2.05) is 37.3 Å². The third kappa shape index (κ3) is 4.38. The minimum absolute atomic E-state index is 0.0704. The monoisotopic (exact) mass is 447 g/mol. The zero-order valence-electron chi connectivity index (χ0n) is 19.1. The van der Waals surface area contributed by atoms with Crippen LogP contribution in [-0.2, 0) is 11.2 Å². The minimum Gasteiger partial charge on any atom is -0.459 e. The summed E-state index contributed by atoms with van der Waals surface area (Å²) < 4.78 is 5.37. The number of aryl methyl sites for hydroxylation is 2. The highest BCUT2D eigenvalue weighted by molar-refractivity contribution is 6.07. The Labute approximate surface area is 194 Å². The number of carbonyl (C=O) groups excluding carboxylic acids is 3. The smallest absolute Gasteiger partial charge is 0.325 e. The molecule has 2 saturated heterocycles. The first-order chi connectivity index (χ1) is 16.0. The molecule has 2 fully saturated rings. The molecule has 2 aromatic rings. The molecule has 1 N–H and O–H groups in total. The normalized spacial score (nSPS) is 21.0. The lowest BCUT2D eigenvalue weighted by Crippen LogP contribution is -2.57. The summed E-state index contributed by atoms with van der Waals surface area (Å²) in [5.74, 6) is 5.55. The van der Waals surface area contributed by atoms with Crippen LogP contribution in [0.3, 0.4) is 0 Å². The molecule has 1 unspecified atom stereocenters. The van der Waals surface area contributed by atoms with Crippen LogP contribution < -0.4 is 5.32 Å². The number of furan rings is 1. The predicted molar refractivity (Wildman–Crippen MR) is 123 cm³/mol. The summed E-state index contributed by atoms with van der Waals surface area (Å²) in [7, 11) is 0. The summed E-state index contributed by atoms with van der Waals surface area (Å²) in [6, 6.07) is 11.4. The Morgan fingerprint density at radius 3 is 2.55 bits per heavy atom. The van der Waals surface area contributed by atoms with Gasteiger partial charge < -0.3 is 14.6 Å². The topological polar surface area (TPSA) is 82.9 Å². The van der Waals surface area contributed by atoms with Crippen LogP contribution in [0.4, 0.5) is 4.79 Å². The highest BCUT2D eigenvalue weighted by atomic mass is 16.3. The molecule has 0 saturated carbocycles. The van der Waals surface area contributed by atoms with Crippen molar-refractivity contribution in [3.05, 3.63) is 59.5 Å². The number of likely N-dealkylation sites (tertiary alicyclic amines) is 1. The van der Waals surface area contributed by atoms with E-state index in [4.69, 9.17) is 4.42 Å². The van der Waals surface area contributed by atoms with Gasteiger partial charge >= 0.3 is 6.03 Å². The van der Waals surface area contributed by atoms with Crippen molar-refractivity contribution in [2.24, 2.45) is 5.92 Å². The van der Waals surface area contributed by atoms with Gasteiger partial charge in [0.2, 0.25) is 0 Å². The first-order valence-electron chi connectivity index (χ1n) is 11.4. The maximum absolute atomic E-state index is 13.6. The van der Waals surface area contributed by atoms with Crippen molar-refractivity contribution in [2.75, 3.05) is 19.6 Å². The molecule has 33 heavy (non-hydrogen) atoms. The Morgan fingerprint density at radius 2 is 1.91 bits per heavy atom. The summed E-state index contributed by atoms with van der Waals surface area (Å²) in [4.78, 5) is 42.2. The van der Waals surface area contributed by atoms with Crippen LogP contribution in [0.25, 0.3) is 0 Å². The number of benzene rings is 1. The Hall–Kier alpha value is -3.53. The van der Waals surface area contributed by atoms with E-state index in [2.05, 4.69) is 17.2 Å². The second-order valence-electron chi connectivity index (χ2n) is 8.70. The molecule has 4 amide bonds. The van der Waals surface area contributed by atoms with Crippen molar-refractivity contribution in [1.29, 1.82) is 0 Å². The van der Waals surface area contributed by atoms with Crippen molar-refractivity contribution in [1.82, 2.24) is 15.1 Å². The summed E-state index contributed by atoms with van der Waals surface area (Å²) in [5.41, 5.74) is 0.942. The molecule has 3 heterocycles. The van der Waals surface area contributed by atoms with Crippen LogP contribution in [0.5, 0.6) is 0 Å². The lowest BCUT2D eigenvalue weighted by molar-refractivity contribution is -0.133. The predicted octanol–water partition coefficient (Wildman–Crippen LogP) is 3.39. The summed E-state index contributed by atoms with van der Waals surface area (Å²) in [5, 5.41) is 3.04. The summed E-state index contributed by atoms with van der Waals surface area (Å²) >= 11 is 0. The van der Waals surface area contributed by atoms with Gasteiger partial charge in [0.15, 0.2) is 5.76 Å². The number of imide groups is 1. The molecule has 0 aliphatic carbocycles. The van der Waals surface area contributed by atoms with E-state index in [0.717, 1.165) is 11.1 Å². The van der Waals surface area contributed by atoms with Crippen LogP contribution >= 0.6 is 0 Å². The summed E-state index contributed by atoms with van der Waals surface area (Å²) in [6.45, 7) is 4.64. The van der Waals surface area contributed by atoms with Gasteiger partial charge in [-0.1, -0.05) is 36.3 Å². The quantitative estimate of drug-likeness (QED) is 0.544. The Bertz CT molecular complexity index is 1090. The van der Waals surface area contributed by atoms with Gasteiger partial charge in [0.05, 0.1) is 12.8 Å². The molecule has 172 valence electrons. The second-order valence-corrected chi connectivity index (χ2v) is 8.70. The zero-order valence-corrected chi connectivity index (χ0v) is 19.1. The van der Waals surface area contributed by atoms with Gasteiger partial charge in [-0.15, -0.1) is 5.92 Å². The first kappa shape index (κ1) is 22.7. The number of urea groups is 1. The minimum atomic E-state index is -0.988. The highest BCUT2D eigenvalue weighted by Gasteiger charge is 2.55. The molecular weight excluding hydrogens is 418 g/mol. The molecule has 4 rings (SSSR count). The maximum atomic E-state index is 13.6. The van der Waals surface area contributed by atoms with E-state index >= 15 is 0 Å². The van der Waals surface area contributed by atoms with E-state index in [-0.39, 0.29) is 30.3 Å². The third-order valence-electron chi connectivity index (χ3n) is 6.80. The van der Waals surface area contributed by atoms with E-state index < -0.39 is 5.54 Å². The molecule has 1 aromatic heterocycles. The first-order valence-corrected chi connectivity index (χ1v) is 11.4. The Morgan fingerprint density at radius 1 is 1.18 bits per heavy atom. The van der Waals surface area contributed by atoms with E-state index in [1.54, 1.807) is 17.9 Å². The Balaban J connectivity index is 1.53. The van der Waals surface area contributed by atoms with Crippen LogP contribution in [-0.4, -0.2) is 52.8 Å². The van der Waals surface area contributed by atoms with Crippen molar-refractivity contribution in [3.63, 3.8) is 0 Å². The molecule has 7 nitrogen and oxygen atoms in total. The molecular formula is C26H29N3O4. The number of nitrogens with one attached hydrogen (secondary N) is 1. The van der Waals surface area contributed by atoms with Crippen molar-refractivity contribution < 1.29 is 18.8 Å². The van der Waals surface area contributed by atoms with Crippen molar-refractivity contribution in [2.45, 2.75) is 45.1 Å². The van der Waals surface area contributed by atoms with Gasteiger partial charge in [-0.2, -0.15) is 0 Å². The number of hydrogen-bond acceptors (Lipinski definition) is 4. The molecule has 0 bridgehead atoms. The fourth-order valence-electron chi connectivity index (χ4n) is 4.89. The number of hydrogen-bond donors (Lipinski definition) is 1. The van der Waals surface area contributed by atoms with E-state index in [0.29, 0.717) is 44.5 Å². The molecule has 7 heteroatoms. The number of rotatable bonds is 6. The van der Waals surface area contributed by atoms with Gasteiger partial charge in [-0.25, -0.2) is 4.79 Å². The summed E-state index contributed by atoms with van der Waals surface area (Å²) in [6.07, 6.45) is 3.95. The average molecular weight is 448 g/mol. The number of amides is 4. The van der Waals surface area contributed by atoms with Crippen LogP contribution in [0.15, 0.2) is 47.1 Å². The van der Waals surface area contributed by atoms with Crippen LogP contribution in [0.2, 0.25) is 0 Å². The number of nitrogens with zero attached hydrogens (tertiary/aromatic N) is 2. The lowest BCUT2D eigenvalue weighted by Gasteiger charge is -2.41. The average Bonchev–Trinajstić information content (AvgIpc) is 3.37. The van der Waals surface area contributed by atoms with Gasteiger partial charge in [0, 0.05) is 18.7 Å². The Kier molecular flexibility index (Phi) is 6.55. The van der Waals surface area contributed by atoms with E-state index in [9.17, 15) is 14.4 Å². The van der Waals surface area contributed by atoms with Gasteiger partial charge in [0.1, 0.15) is 5.54 Å². The highest BCUT2D eigenvalue weighted by Crippen LogP contribution is 2.37. The van der Waals surface area contributed by atoms with Gasteiger partial charge in [-0.05, 0) is 57.1 Å². The lowest BCUT2D eigenvalue weighted by atomic mass is 9.74. The largest absolute Gasteiger partial charge is 0.459 e. The third-order valence-corrected chi connectivity index (χ3v) is 6.80. The SMILES string of the molecule is CC#CCN1C(=O)NC(CCc2ccccc2)(C2CCN(C(=O)c3occc3C)CC2)C1=O. The van der Waals surface area contributed by atoms with Gasteiger partial charge in [-0.3, -0.25) is 14.5 Å². The van der Waals surface area contributed by atoms with E-state index in [1.165, 1.54) is 11.2 Å². The molecule has 1 aromatic carbocycles. The molecule has 2 aliphatic rings. The number of carbonyl (C=O) groups is 3. The molecule has 1 atom stereocenters. The van der Waals surface area contributed by atoms with Gasteiger partial charge in [0.25, 0.3) is 11.8 Å². The second kappa shape index (κ2) is 9.53. The van der Waals surface area contributed by atoms with Crippen molar-refractivity contribution in [3.8, 4) is 11.8 Å². The standard InChI is InChI=1S/C26H29N3O4/c1-3-4-15-29-24(31)26(27-25(29)32,14-10-20-8-6-5-7-9-20)21-11-16-28(17-12-21)23(30)22-19(2)13-18-33-22/h5-9,13,18,21H,10-12,14-17H2,1-2H3,(H,27,32). The number of piperidine rings is 1.